The van der Waals surface area contributed by atoms with Gasteiger partial charge in [0.25, 0.3) is 0 Å². The number of hydrogen-bond donors (Lipinski definition) is 1. The molecule has 1 heterocycles. The molecule has 1 aromatic heterocycles. The molecule has 0 unspecified atom stereocenters. The van der Waals surface area contributed by atoms with Gasteiger partial charge in [-0.25, -0.2) is 9.18 Å². The SMILES string of the molecule is Cn1nnn(-c2cc(N)c(F)cc2OCCO[Si](C)(C)C(C)(C)C)c1=O. The number of anilines is 1. The van der Waals surface area contributed by atoms with E-state index >= 15 is 0 Å². The Balaban J connectivity index is 2.18. The lowest BCUT2D eigenvalue weighted by atomic mass is 10.2. The standard InChI is InChI=1S/C16H26FN5O3Si/c1-16(2,3)26(5,6)25-8-7-24-14-9-11(17)12(18)10-13(14)22-15(23)21(4)19-20-22/h9-10H,7-8,18H2,1-6H3. The molecule has 0 saturated carbocycles. The maximum Gasteiger partial charge on any atom is 0.368 e. The van der Waals surface area contributed by atoms with Gasteiger partial charge in [0.2, 0.25) is 0 Å². The number of benzene rings is 1. The van der Waals surface area contributed by atoms with Crippen LogP contribution in [0.25, 0.3) is 5.69 Å². The Morgan fingerprint density at radius 3 is 2.42 bits per heavy atom. The van der Waals surface area contributed by atoms with Gasteiger partial charge in [-0.3, -0.25) is 0 Å². The number of aryl methyl sites for hydroxylation is 1. The van der Waals surface area contributed by atoms with Crippen molar-refractivity contribution in [3.05, 3.63) is 28.4 Å². The van der Waals surface area contributed by atoms with Crippen molar-refractivity contribution in [1.29, 1.82) is 0 Å². The minimum absolute atomic E-state index is 0.0818. The molecule has 0 atom stereocenters. The summed E-state index contributed by atoms with van der Waals surface area (Å²) in [7, 11) is -0.436. The van der Waals surface area contributed by atoms with E-state index in [-0.39, 0.29) is 28.8 Å². The smallest absolute Gasteiger partial charge is 0.368 e. The number of hydrogen-bond acceptors (Lipinski definition) is 6. The molecule has 144 valence electrons. The predicted octanol–water partition coefficient (Wildman–Crippen LogP) is 2.09. The normalized spacial score (nSPS) is 12.4. The molecule has 0 saturated heterocycles. The average Bonchev–Trinajstić information content (AvgIpc) is 2.85. The van der Waals surface area contributed by atoms with Crippen LogP contribution in [0.5, 0.6) is 5.75 Å². The van der Waals surface area contributed by atoms with Gasteiger partial charge < -0.3 is 14.9 Å². The number of nitrogen functional groups attached to an aromatic ring is 1. The van der Waals surface area contributed by atoms with Gasteiger partial charge in [-0.05, 0) is 34.6 Å². The minimum atomic E-state index is -1.90. The second-order valence-electron chi connectivity index (χ2n) is 7.60. The number of tetrazole rings is 1. The number of rotatable bonds is 6. The average molecular weight is 384 g/mol. The van der Waals surface area contributed by atoms with Gasteiger partial charge in [0.15, 0.2) is 8.32 Å². The maximum absolute atomic E-state index is 13.9. The number of nitrogens with zero attached hydrogens (tertiary/aromatic N) is 4. The van der Waals surface area contributed by atoms with Gasteiger partial charge in [0, 0.05) is 13.1 Å². The van der Waals surface area contributed by atoms with Crippen molar-refractivity contribution in [3.63, 3.8) is 0 Å². The van der Waals surface area contributed by atoms with Crippen molar-refractivity contribution in [2.45, 2.75) is 38.9 Å². The summed E-state index contributed by atoms with van der Waals surface area (Å²) in [6.07, 6.45) is 0. The van der Waals surface area contributed by atoms with Crippen LogP contribution in [0.15, 0.2) is 16.9 Å². The van der Waals surface area contributed by atoms with Crippen LogP contribution in [-0.2, 0) is 11.5 Å². The van der Waals surface area contributed by atoms with Gasteiger partial charge in [0.1, 0.15) is 23.9 Å². The Labute approximate surface area is 152 Å². The topological polar surface area (TPSA) is 97.2 Å². The molecule has 0 amide bonds. The molecule has 0 aliphatic carbocycles. The van der Waals surface area contributed by atoms with E-state index < -0.39 is 19.8 Å². The molecular weight excluding hydrogens is 357 g/mol. The summed E-state index contributed by atoms with van der Waals surface area (Å²) in [6, 6.07) is 2.44. The third kappa shape index (κ3) is 4.13. The first-order valence-corrected chi connectivity index (χ1v) is 11.2. The summed E-state index contributed by atoms with van der Waals surface area (Å²) >= 11 is 0. The highest BCUT2D eigenvalue weighted by Gasteiger charge is 2.36. The number of halogens is 1. The van der Waals surface area contributed by atoms with Crippen molar-refractivity contribution in [2.75, 3.05) is 18.9 Å². The Morgan fingerprint density at radius 2 is 1.88 bits per heavy atom. The Kier molecular flexibility index (Phi) is 5.57. The zero-order valence-electron chi connectivity index (χ0n) is 16.0. The molecule has 0 radical (unpaired) electrons. The van der Waals surface area contributed by atoms with Gasteiger partial charge in [-0.2, -0.15) is 9.36 Å². The van der Waals surface area contributed by atoms with E-state index in [2.05, 4.69) is 44.3 Å². The number of nitrogens with two attached hydrogens (primary N) is 1. The van der Waals surface area contributed by atoms with Crippen LogP contribution in [0.4, 0.5) is 10.1 Å². The molecule has 2 rings (SSSR count). The second-order valence-corrected chi connectivity index (χ2v) is 12.4. The molecule has 0 spiro atoms. The molecule has 2 aromatic rings. The van der Waals surface area contributed by atoms with Crippen LogP contribution >= 0.6 is 0 Å². The summed E-state index contributed by atoms with van der Waals surface area (Å²) in [5.74, 6) is -0.482. The second kappa shape index (κ2) is 7.20. The van der Waals surface area contributed by atoms with Crippen LogP contribution in [0.3, 0.4) is 0 Å². The lowest BCUT2D eigenvalue weighted by Crippen LogP contribution is -2.41. The summed E-state index contributed by atoms with van der Waals surface area (Å²) in [4.78, 5) is 12.1. The molecule has 2 N–H and O–H groups in total. The van der Waals surface area contributed by atoms with Gasteiger partial charge in [0.05, 0.1) is 12.3 Å². The highest BCUT2D eigenvalue weighted by Crippen LogP contribution is 2.36. The number of ether oxygens (including phenoxy) is 1. The fourth-order valence-corrected chi connectivity index (χ4v) is 3.00. The van der Waals surface area contributed by atoms with Crippen molar-refractivity contribution in [1.82, 2.24) is 19.8 Å². The quantitative estimate of drug-likeness (QED) is 0.466. The Hall–Kier alpha value is -2.20. The molecule has 0 aliphatic heterocycles. The van der Waals surface area contributed by atoms with Crippen LogP contribution in [0.2, 0.25) is 18.1 Å². The Morgan fingerprint density at radius 1 is 1.23 bits per heavy atom. The van der Waals surface area contributed by atoms with E-state index in [4.69, 9.17) is 14.9 Å². The van der Waals surface area contributed by atoms with E-state index in [0.717, 1.165) is 15.4 Å². The molecular formula is C16H26FN5O3Si. The van der Waals surface area contributed by atoms with Crippen LogP contribution in [0.1, 0.15) is 20.8 Å². The van der Waals surface area contributed by atoms with Crippen LogP contribution in [0, 0.1) is 5.82 Å². The highest BCUT2D eigenvalue weighted by atomic mass is 28.4. The van der Waals surface area contributed by atoms with Gasteiger partial charge >= 0.3 is 5.69 Å². The fourth-order valence-electron chi connectivity index (χ4n) is 1.97. The molecule has 0 bridgehead atoms. The van der Waals surface area contributed by atoms with Crippen molar-refractivity contribution < 1.29 is 13.6 Å². The number of aromatic nitrogens is 4. The molecule has 0 fully saturated rings. The largest absolute Gasteiger partial charge is 0.489 e. The van der Waals surface area contributed by atoms with E-state index in [9.17, 15) is 9.18 Å². The molecule has 10 heteroatoms. The van der Waals surface area contributed by atoms with Crippen molar-refractivity contribution >= 4 is 14.0 Å². The van der Waals surface area contributed by atoms with Gasteiger partial charge in [-0.1, -0.05) is 20.8 Å². The molecule has 0 aliphatic rings. The summed E-state index contributed by atoms with van der Waals surface area (Å²) in [6.45, 7) is 11.3. The van der Waals surface area contributed by atoms with Crippen LogP contribution < -0.4 is 16.2 Å². The fraction of sp³-hybridized carbons (Fsp3) is 0.562. The monoisotopic (exact) mass is 383 g/mol. The first-order chi connectivity index (χ1) is 11.9. The zero-order chi connectivity index (χ0) is 19.7. The summed E-state index contributed by atoms with van der Waals surface area (Å²) in [5, 5.41) is 7.48. The molecule has 8 nitrogen and oxygen atoms in total. The highest BCUT2D eigenvalue weighted by molar-refractivity contribution is 6.74. The van der Waals surface area contributed by atoms with E-state index in [0.29, 0.717) is 6.61 Å². The first-order valence-electron chi connectivity index (χ1n) is 8.29. The predicted molar refractivity (Wildman–Crippen MR) is 99.6 cm³/mol. The summed E-state index contributed by atoms with van der Waals surface area (Å²) in [5.41, 5.74) is 5.26. The third-order valence-electron chi connectivity index (χ3n) is 4.64. The van der Waals surface area contributed by atoms with E-state index in [1.54, 1.807) is 0 Å². The molecule has 1 aromatic carbocycles. The van der Waals surface area contributed by atoms with E-state index in [1.165, 1.54) is 13.1 Å². The van der Waals surface area contributed by atoms with Crippen molar-refractivity contribution in [2.24, 2.45) is 7.05 Å². The summed E-state index contributed by atoms with van der Waals surface area (Å²) < 4.78 is 27.7. The zero-order valence-corrected chi connectivity index (χ0v) is 17.0. The van der Waals surface area contributed by atoms with Gasteiger partial charge in [-0.15, -0.1) is 0 Å². The first kappa shape index (κ1) is 20.1. The van der Waals surface area contributed by atoms with Crippen LogP contribution in [-0.4, -0.2) is 41.3 Å². The lowest BCUT2D eigenvalue weighted by Gasteiger charge is -2.36. The maximum atomic E-state index is 13.9. The third-order valence-corrected chi connectivity index (χ3v) is 9.18. The van der Waals surface area contributed by atoms with Crippen molar-refractivity contribution in [3.8, 4) is 11.4 Å². The minimum Gasteiger partial charge on any atom is -0.489 e. The molecule has 26 heavy (non-hydrogen) atoms. The van der Waals surface area contributed by atoms with E-state index in [1.807, 2.05) is 0 Å². The Bertz CT molecular complexity index is 841. The lowest BCUT2D eigenvalue weighted by molar-refractivity contribution is 0.202.